The summed E-state index contributed by atoms with van der Waals surface area (Å²) in [6, 6.07) is 20.9. The molecule has 0 radical (unpaired) electrons. The number of hydrogen-bond donors (Lipinski definition) is 2. The van der Waals surface area contributed by atoms with Crippen molar-refractivity contribution in [2.75, 3.05) is 13.6 Å². The first kappa shape index (κ1) is 22.9. The molecular formula is C23H30IN5. The van der Waals surface area contributed by atoms with Crippen LogP contribution in [-0.4, -0.2) is 29.3 Å². The maximum Gasteiger partial charge on any atom is 0.191 e. The van der Waals surface area contributed by atoms with Gasteiger partial charge >= 0.3 is 0 Å². The highest BCUT2D eigenvalue weighted by molar-refractivity contribution is 14.0. The summed E-state index contributed by atoms with van der Waals surface area (Å²) in [5.41, 5.74) is 3.81. The van der Waals surface area contributed by atoms with Crippen molar-refractivity contribution in [3.05, 3.63) is 89.7 Å². The molecular weight excluding hydrogens is 473 g/mol. The normalized spacial score (nSPS) is 11.6. The van der Waals surface area contributed by atoms with Gasteiger partial charge in [-0.1, -0.05) is 68.4 Å². The first-order chi connectivity index (χ1) is 13.6. The van der Waals surface area contributed by atoms with Crippen LogP contribution in [0.1, 0.15) is 30.5 Å². The zero-order valence-corrected chi connectivity index (χ0v) is 19.6. The van der Waals surface area contributed by atoms with Crippen LogP contribution in [0.5, 0.6) is 0 Å². The number of aliphatic imine (C=N–C) groups is 1. The van der Waals surface area contributed by atoms with Crippen molar-refractivity contribution >= 4 is 29.9 Å². The fourth-order valence-corrected chi connectivity index (χ4v) is 3.15. The summed E-state index contributed by atoms with van der Waals surface area (Å²) in [7, 11) is 1.81. The Bertz CT molecular complexity index is 889. The van der Waals surface area contributed by atoms with E-state index in [2.05, 4.69) is 83.1 Å². The van der Waals surface area contributed by atoms with Gasteiger partial charge in [0, 0.05) is 37.9 Å². The molecule has 0 aliphatic heterocycles. The van der Waals surface area contributed by atoms with E-state index in [0.29, 0.717) is 6.54 Å². The third-order valence-corrected chi connectivity index (χ3v) is 4.93. The van der Waals surface area contributed by atoms with Gasteiger partial charge in [-0.15, -0.1) is 24.0 Å². The van der Waals surface area contributed by atoms with Gasteiger partial charge in [0.1, 0.15) is 0 Å². The first-order valence-corrected chi connectivity index (χ1v) is 9.63. The van der Waals surface area contributed by atoms with E-state index in [1.54, 1.807) is 13.2 Å². The van der Waals surface area contributed by atoms with Crippen molar-refractivity contribution in [2.24, 2.45) is 4.99 Å². The molecule has 0 unspecified atom stereocenters. The van der Waals surface area contributed by atoms with E-state index in [1.165, 1.54) is 16.7 Å². The van der Waals surface area contributed by atoms with Crippen LogP contribution in [0.2, 0.25) is 0 Å². The predicted molar refractivity (Wildman–Crippen MR) is 131 cm³/mol. The Hall–Kier alpha value is -2.35. The number of nitrogens with one attached hydrogen (secondary N) is 2. The average molecular weight is 503 g/mol. The molecule has 0 spiro atoms. The summed E-state index contributed by atoms with van der Waals surface area (Å²) in [5, 5.41) is 11.2. The smallest absolute Gasteiger partial charge is 0.191 e. The van der Waals surface area contributed by atoms with Crippen molar-refractivity contribution < 1.29 is 0 Å². The maximum absolute atomic E-state index is 4.38. The second kappa shape index (κ2) is 11.0. The molecule has 2 aromatic carbocycles. The van der Waals surface area contributed by atoms with Gasteiger partial charge in [0.05, 0.1) is 6.54 Å². The fraction of sp³-hybridized carbons (Fsp3) is 0.304. The molecule has 0 bridgehead atoms. The number of rotatable bonds is 7. The Morgan fingerprint density at radius 2 is 1.66 bits per heavy atom. The third kappa shape index (κ3) is 6.59. The first-order valence-electron chi connectivity index (χ1n) is 9.63. The summed E-state index contributed by atoms with van der Waals surface area (Å²) in [4.78, 5) is 4.38. The molecule has 0 saturated heterocycles. The average Bonchev–Trinajstić information content (AvgIpc) is 3.23. The standard InChI is InChI=1S/C23H29N5.HI/c1-23(2,21-12-5-4-6-13-21)18-26-22(24-3)25-16-19-10-7-8-11-20(19)17-28-15-9-14-27-28;/h4-15H,16-18H2,1-3H3,(H2,24,25,26);1H. The van der Waals surface area contributed by atoms with Crippen molar-refractivity contribution in [1.82, 2.24) is 20.4 Å². The minimum absolute atomic E-state index is 0. The molecule has 6 heteroatoms. The quantitative estimate of drug-likeness (QED) is 0.289. The van der Waals surface area contributed by atoms with Crippen molar-refractivity contribution in [1.29, 1.82) is 0 Å². The van der Waals surface area contributed by atoms with E-state index in [9.17, 15) is 0 Å². The van der Waals surface area contributed by atoms with Crippen LogP contribution >= 0.6 is 24.0 Å². The largest absolute Gasteiger partial charge is 0.356 e. The molecule has 1 heterocycles. The summed E-state index contributed by atoms with van der Waals surface area (Å²) in [5.74, 6) is 0.804. The molecule has 1 aromatic heterocycles. The minimum atomic E-state index is 0. The maximum atomic E-state index is 4.38. The van der Waals surface area contributed by atoms with Gasteiger partial charge in [-0.3, -0.25) is 9.67 Å². The summed E-state index contributed by atoms with van der Waals surface area (Å²) >= 11 is 0. The monoisotopic (exact) mass is 503 g/mol. The molecule has 0 aliphatic carbocycles. The summed E-state index contributed by atoms with van der Waals surface area (Å²) in [6.45, 7) is 6.75. The van der Waals surface area contributed by atoms with Crippen molar-refractivity contribution in [2.45, 2.75) is 32.4 Å². The molecule has 5 nitrogen and oxygen atoms in total. The lowest BCUT2D eigenvalue weighted by atomic mass is 9.85. The molecule has 0 aliphatic rings. The Morgan fingerprint density at radius 3 is 2.31 bits per heavy atom. The third-order valence-electron chi connectivity index (χ3n) is 4.93. The molecule has 3 rings (SSSR count). The lowest BCUT2D eigenvalue weighted by Gasteiger charge is -2.27. The topological polar surface area (TPSA) is 54.2 Å². The van der Waals surface area contributed by atoms with E-state index < -0.39 is 0 Å². The lowest BCUT2D eigenvalue weighted by Crippen LogP contribution is -2.43. The number of nitrogens with zero attached hydrogens (tertiary/aromatic N) is 3. The van der Waals surface area contributed by atoms with Crippen LogP contribution < -0.4 is 10.6 Å². The van der Waals surface area contributed by atoms with Gasteiger partial charge in [-0.2, -0.15) is 5.10 Å². The van der Waals surface area contributed by atoms with Gasteiger partial charge in [0.2, 0.25) is 0 Å². The Morgan fingerprint density at radius 1 is 0.966 bits per heavy atom. The van der Waals surface area contributed by atoms with Gasteiger partial charge in [0.25, 0.3) is 0 Å². The number of hydrogen-bond acceptors (Lipinski definition) is 2. The van der Waals surface area contributed by atoms with E-state index in [0.717, 1.165) is 19.0 Å². The predicted octanol–water partition coefficient (Wildman–Crippen LogP) is 4.19. The van der Waals surface area contributed by atoms with E-state index >= 15 is 0 Å². The summed E-state index contributed by atoms with van der Waals surface area (Å²) in [6.07, 6.45) is 3.79. The Balaban J connectivity index is 0.00000300. The molecule has 0 fully saturated rings. The van der Waals surface area contributed by atoms with Gasteiger partial charge in [-0.05, 0) is 22.8 Å². The molecule has 154 valence electrons. The second-order valence-electron chi connectivity index (χ2n) is 7.50. The molecule has 0 amide bonds. The molecule has 29 heavy (non-hydrogen) atoms. The fourth-order valence-electron chi connectivity index (χ4n) is 3.15. The minimum Gasteiger partial charge on any atom is -0.356 e. The highest BCUT2D eigenvalue weighted by atomic mass is 127. The number of aromatic nitrogens is 2. The van der Waals surface area contributed by atoms with Crippen molar-refractivity contribution in [3.63, 3.8) is 0 Å². The van der Waals surface area contributed by atoms with Crippen LogP contribution in [0.15, 0.2) is 78.0 Å². The number of halogens is 1. The lowest BCUT2D eigenvalue weighted by molar-refractivity contribution is 0.508. The van der Waals surface area contributed by atoms with E-state index in [-0.39, 0.29) is 29.4 Å². The zero-order chi connectivity index (χ0) is 19.8. The second-order valence-corrected chi connectivity index (χ2v) is 7.50. The highest BCUT2D eigenvalue weighted by Gasteiger charge is 2.20. The van der Waals surface area contributed by atoms with Crippen LogP contribution in [0.25, 0.3) is 0 Å². The van der Waals surface area contributed by atoms with Gasteiger partial charge in [0.15, 0.2) is 5.96 Å². The number of guanidine groups is 1. The zero-order valence-electron chi connectivity index (χ0n) is 17.3. The van der Waals surface area contributed by atoms with E-state index in [1.807, 2.05) is 23.0 Å². The molecule has 3 aromatic rings. The van der Waals surface area contributed by atoms with Crippen molar-refractivity contribution in [3.8, 4) is 0 Å². The highest BCUT2D eigenvalue weighted by Crippen LogP contribution is 2.21. The van der Waals surface area contributed by atoms with E-state index in [4.69, 9.17) is 0 Å². The Labute approximate surface area is 190 Å². The number of benzene rings is 2. The van der Waals surface area contributed by atoms with Crippen LogP contribution in [0, 0.1) is 0 Å². The SMILES string of the molecule is CN=C(NCc1ccccc1Cn1cccn1)NCC(C)(C)c1ccccc1.I. The van der Waals surface area contributed by atoms with Crippen LogP contribution in [0.3, 0.4) is 0 Å². The van der Waals surface area contributed by atoms with Crippen LogP contribution in [0.4, 0.5) is 0 Å². The van der Waals surface area contributed by atoms with Crippen LogP contribution in [-0.2, 0) is 18.5 Å². The van der Waals surface area contributed by atoms with Gasteiger partial charge < -0.3 is 10.6 Å². The molecule has 2 N–H and O–H groups in total. The van der Waals surface area contributed by atoms with Gasteiger partial charge in [-0.25, -0.2) is 0 Å². The molecule has 0 saturated carbocycles. The summed E-state index contributed by atoms with van der Waals surface area (Å²) < 4.78 is 1.94. The molecule has 0 atom stereocenters. The Kier molecular flexibility index (Phi) is 8.70.